The molecule has 0 spiro atoms. The number of hydrogen-bond donors (Lipinski definition) is 0. The molecule has 0 heterocycles. The quantitative estimate of drug-likeness (QED) is 0.0119. The molecule has 1 saturated carbocycles. The van der Waals surface area contributed by atoms with Gasteiger partial charge < -0.3 is 52.1 Å². The van der Waals surface area contributed by atoms with Crippen LogP contribution in [0.25, 0.3) is 18.2 Å². The van der Waals surface area contributed by atoms with Gasteiger partial charge in [0.1, 0.15) is 48.1 Å². The van der Waals surface area contributed by atoms with Crippen molar-refractivity contribution >= 4 is 54.6 Å². The van der Waals surface area contributed by atoms with E-state index in [2.05, 4.69) is 146 Å². The second-order valence-corrected chi connectivity index (χ2v) is 31.8. The van der Waals surface area contributed by atoms with Gasteiger partial charge in [-0.2, -0.15) is 0 Å². The fraction of sp³-hybridized carbons (Fsp3) is 0.479. The maximum atomic E-state index is 12.6. The Morgan fingerprint density at radius 1 is 0.513 bits per heavy atom. The van der Waals surface area contributed by atoms with Crippen molar-refractivity contribution in [2.75, 3.05) is 40.6 Å². The average molecular weight is 1550 g/mol. The highest BCUT2D eigenvalue weighted by Gasteiger charge is 2.34. The summed E-state index contributed by atoms with van der Waals surface area (Å²) in [5, 5.41) is 0. The summed E-state index contributed by atoms with van der Waals surface area (Å²) in [4.78, 5) is 74.1. The van der Waals surface area contributed by atoms with E-state index < -0.39 is 36.4 Å². The highest BCUT2D eigenvalue weighted by Crippen LogP contribution is 2.45. The molecule has 0 N–H and O–H groups in total. The zero-order chi connectivity index (χ0) is 82.7. The summed E-state index contributed by atoms with van der Waals surface area (Å²) in [7, 11) is 3.07. The minimum absolute atomic E-state index is 0.116. The van der Waals surface area contributed by atoms with Crippen LogP contribution in [-0.4, -0.2) is 83.1 Å². The number of carbonyl (C=O) groups excluding carboxylic acids is 6. The second-order valence-electron chi connectivity index (χ2n) is 31.8. The van der Waals surface area contributed by atoms with Gasteiger partial charge in [0.15, 0.2) is 0 Å². The standard InChI is InChI=1S/C33H44O6.C32H38O5.C31H46O6/c1-24(11-12-25-9-7-6-8-10-25)21-22-37-31(34)20-14-26-13-17-29(36-5)23-30(26)39-32(35)38-28-18-15-27(16-19-28)33(2,3)4;1-6-25(14-17-28-16-13-24(3)32(28,4)5)21-35-30(33)19-15-27-20-23(2)12-18-29(27)37-31(34)36-22-26-10-8-7-9-11-26;1-23(2)10-8-12-25(5)18-20-35-30(32)17-15-27-14-16-28(34-7)22-29(27)37-31(33)36-21-19-26(6)13-9-11-24(3)4/h6-10,13-14,17,20,23-24,27-28H,11-12,15-16,18-19,21-22H2,1-5H3;7-15,18-20,28H,6,16-17,21-22H2,1-5H3;10-11,14-17,22,25-26H,8-9,12-13,18-21H2,1-7H3/b20-14+;19-15+,25-14+;17-15+. The first-order chi connectivity index (χ1) is 53.9. The average Bonchev–Trinajstić information content (AvgIpc) is 1.66. The van der Waals surface area contributed by atoms with Crippen LogP contribution in [-0.2, 0) is 55.8 Å². The topological polar surface area (TPSA) is 204 Å². The summed E-state index contributed by atoms with van der Waals surface area (Å²) in [5.74, 6) is 3.10. The Labute approximate surface area is 674 Å². The fourth-order valence-electron chi connectivity index (χ4n) is 12.7. The first kappa shape index (κ1) is 93.7. The van der Waals surface area contributed by atoms with Crippen LogP contribution in [0, 0.1) is 47.3 Å². The zero-order valence-corrected chi connectivity index (χ0v) is 70.5. The number of ether oxygens (including phenoxy) is 11. The Hall–Kier alpha value is -9.90. The molecule has 17 nitrogen and oxygen atoms in total. The maximum Gasteiger partial charge on any atom is 0.514 e. The van der Waals surface area contributed by atoms with Crippen molar-refractivity contribution in [2.45, 2.75) is 219 Å². The van der Waals surface area contributed by atoms with E-state index in [1.54, 1.807) is 67.8 Å². The first-order valence-electron chi connectivity index (χ1n) is 40.2. The lowest BCUT2D eigenvalue weighted by Crippen LogP contribution is -2.31. The SMILES string of the molecule is CC/C(=C\CC1CC=C(C)C1(C)C)COC(=O)/C=C/c1cc(C)ccc1OC(=O)OCc1ccccc1.COc1ccc(/C=C/C(=O)OCCC(C)CCC=C(C)C)c(OC(=O)OCCC(C)CCC=C(C)C)c1.COc1ccc(/C=C/C(=O)OCCC(C)CCc2ccccc2)c(OC(=O)OC2CCC(C(C)(C)C)CC2)c1. The Morgan fingerprint density at radius 2 is 0.991 bits per heavy atom. The normalized spacial score (nSPS) is 16.0. The molecule has 113 heavy (non-hydrogen) atoms. The van der Waals surface area contributed by atoms with Gasteiger partial charge >= 0.3 is 36.4 Å². The number of rotatable bonds is 37. The molecule has 4 unspecified atom stereocenters. The van der Waals surface area contributed by atoms with E-state index in [0.29, 0.717) is 76.7 Å². The molecule has 614 valence electrons. The van der Waals surface area contributed by atoms with Crippen LogP contribution in [0.3, 0.4) is 0 Å². The molecular formula is C96H128O17. The molecule has 0 aromatic heterocycles. The Kier molecular flexibility index (Phi) is 41.7. The van der Waals surface area contributed by atoms with Gasteiger partial charge in [0.05, 0.1) is 34.0 Å². The van der Waals surface area contributed by atoms with E-state index in [1.807, 2.05) is 55.5 Å². The van der Waals surface area contributed by atoms with Gasteiger partial charge in [-0.1, -0.05) is 176 Å². The van der Waals surface area contributed by atoms with Gasteiger partial charge in [0, 0.05) is 47.1 Å². The largest absolute Gasteiger partial charge is 0.514 e. The monoisotopic (exact) mass is 1550 g/mol. The van der Waals surface area contributed by atoms with Gasteiger partial charge in [0.25, 0.3) is 0 Å². The van der Waals surface area contributed by atoms with E-state index in [0.717, 1.165) is 119 Å². The molecular weight excluding hydrogens is 1430 g/mol. The molecule has 2 aliphatic carbocycles. The third kappa shape index (κ3) is 37.5. The minimum atomic E-state index is -0.807. The highest BCUT2D eigenvalue weighted by atomic mass is 16.7. The predicted octanol–water partition coefficient (Wildman–Crippen LogP) is 24.3. The van der Waals surface area contributed by atoms with Gasteiger partial charge in [-0.05, 0) is 256 Å². The Balaban J connectivity index is 0.000000303. The molecule has 5 aromatic carbocycles. The van der Waals surface area contributed by atoms with E-state index in [-0.39, 0.29) is 48.3 Å². The fourth-order valence-corrected chi connectivity index (χ4v) is 12.7. The van der Waals surface area contributed by atoms with E-state index in [1.165, 1.54) is 47.6 Å². The molecule has 0 aliphatic heterocycles. The zero-order valence-electron chi connectivity index (χ0n) is 70.5. The van der Waals surface area contributed by atoms with E-state index in [9.17, 15) is 28.8 Å². The highest BCUT2D eigenvalue weighted by molar-refractivity contribution is 5.89. The first-order valence-corrected chi connectivity index (χ1v) is 40.2. The van der Waals surface area contributed by atoms with Crippen molar-refractivity contribution in [2.24, 2.45) is 40.4 Å². The summed E-state index contributed by atoms with van der Waals surface area (Å²) < 4.78 is 59.3. The summed E-state index contributed by atoms with van der Waals surface area (Å²) in [6, 6.07) is 35.2. The molecule has 1 fully saturated rings. The Morgan fingerprint density at radius 3 is 1.49 bits per heavy atom. The van der Waals surface area contributed by atoms with Crippen molar-refractivity contribution in [1.82, 2.24) is 0 Å². The van der Waals surface area contributed by atoms with E-state index >= 15 is 0 Å². The van der Waals surface area contributed by atoms with Crippen molar-refractivity contribution in [1.29, 1.82) is 0 Å². The van der Waals surface area contributed by atoms with Crippen LogP contribution in [0.2, 0.25) is 0 Å². The molecule has 4 atom stereocenters. The maximum absolute atomic E-state index is 12.6. The molecule has 0 amide bonds. The van der Waals surface area contributed by atoms with Crippen molar-refractivity contribution < 1.29 is 80.9 Å². The van der Waals surface area contributed by atoms with Crippen molar-refractivity contribution in [3.05, 3.63) is 213 Å². The lowest BCUT2D eigenvalue weighted by molar-refractivity contribution is -0.138. The van der Waals surface area contributed by atoms with Crippen molar-refractivity contribution in [3.8, 4) is 28.7 Å². The third-order valence-electron chi connectivity index (χ3n) is 20.8. The molecule has 0 bridgehead atoms. The number of esters is 3. The lowest BCUT2D eigenvalue weighted by Gasteiger charge is -2.36. The second kappa shape index (κ2) is 50.3. The summed E-state index contributed by atoms with van der Waals surface area (Å²) in [5.41, 5.74) is 10.5. The molecule has 7 rings (SSSR count). The number of benzene rings is 5. The van der Waals surface area contributed by atoms with Crippen LogP contribution in [0.4, 0.5) is 14.4 Å². The Bertz CT molecular complexity index is 3980. The van der Waals surface area contributed by atoms with Crippen LogP contribution < -0.4 is 23.7 Å². The molecule has 5 aromatic rings. The van der Waals surface area contributed by atoms with Crippen molar-refractivity contribution in [3.63, 3.8) is 0 Å². The number of allylic oxidation sites excluding steroid dienone is 7. The third-order valence-corrected chi connectivity index (χ3v) is 20.8. The van der Waals surface area contributed by atoms with Gasteiger partial charge in [0.2, 0.25) is 0 Å². The van der Waals surface area contributed by atoms with E-state index in [4.69, 9.17) is 52.1 Å². The number of methoxy groups -OCH3 is 2. The van der Waals surface area contributed by atoms with Gasteiger partial charge in [-0.25, -0.2) is 28.8 Å². The smallest absolute Gasteiger partial charge is 0.497 e. The van der Waals surface area contributed by atoms with Crippen LogP contribution in [0.1, 0.15) is 227 Å². The molecule has 2 aliphatic rings. The van der Waals surface area contributed by atoms with Crippen LogP contribution in [0.5, 0.6) is 28.7 Å². The molecule has 0 radical (unpaired) electrons. The number of carbonyl (C=O) groups is 6. The number of hydrogen-bond acceptors (Lipinski definition) is 17. The summed E-state index contributed by atoms with van der Waals surface area (Å²) in [6.07, 6.45) is 30.5. The van der Waals surface area contributed by atoms with Gasteiger partial charge in [-0.15, -0.1) is 0 Å². The molecule has 17 heteroatoms. The predicted molar refractivity (Wildman–Crippen MR) is 451 cm³/mol. The summed E-state index contributed by atoms with van der Waals surface area (Å²) in [6.45, 7) is 33.8. The minimum Gasteiger partial charge on any atom is -0.497 e. The lowest BCUT2D eigenvalue weighted by atomic mass is 9.72. The number of aryl methyl sites for hydroxylation is 2. The van der Waals surface area contributed by atoms with Crippen LogP contribution in [0.15, 0.2) is 180 Å². The van der Waals surface area contributed by atoms with Gasteiger partial charge in [-0.3, -0.25) is 0 Å². The van der Waals surface area contributed by atoms with Crippen LogP contribution >= 0.6 is 0 Å². The molecule has 0 saturated heterocycles. The summed E-state index contributed by atoms with van der Waals surface area (Å²) >= 11 is 0.